The van der Waals surface area contributed by atoms with Gasteiger partial charge >= 0.3 is 0 Å². The average molecular weight is 418 g/mol. The Bertz CT molecular complexity index is 1540. The molecule has 0 unspecified atom stereocenters. The molecule has 0 aliphatic carbocycles. The van der Waals surface area contributed by atoms with Crippen LogP contribution >= 0.6 is 34.5 Å². The van der Waals surface area contributed by atoms with Crippen molar-refractivity contribution in [1.29, 1.82) is 0 Å². The Kier molecular flexibility index (Phi) is 3.51. The monoisotopic (exact) mass is 417 g/mol. The van der Waals surface area contributed by atoms with E-state index < -0.39 is 0 Å². The Morgan fingerprint density at radius 2 is 1.39 bits per heavy atom. The lowest BCUT2D eigenvalue weighted by atomic mass is 10.1. The van der Waals surface area contributed by atoms with Crippen molar-refractivity contribution in [2.75, 3.05) is 0 Å². The highest BCUT2D eigenvalue weighted by molar-refractivity contribution is 7.26. The number of rotatable bonds is 1. The zero-order valence-corrected chi connectivity index (χ0v) is 16.9. The minimum absolute atomic E-state index is 0.733. The van der Waals surface area contributed by atoms with Gasteiger partial charge in [-0.3, -0.25) is 0 Å². The third kappa shape index (κ3) is 2.20. The van der Waals surface area contributed by atoms with Crippen LogP contribution in [0.3, 0.4) is 0 Å². The van der Waals surface area contributed by atoms with Gasteiger partial charge in [0.25, 0.3) is 0 Å². The van der Waals surface area contributed by atoms with E-state index in [1.54, 1.807) is 11.3 Å². The van der Waals surface area contributed by atoms with E-state index in [9.17, 15) is 0 Å². The first-order valence-corrected chi connectivity index (χ1v) is 10.6. The molecule has 4 aromatic carbocycles. The summed E-state index contributed by atoms with van der Waals surface area (Å²) in [6.07, 6.45) is 0. The van der Waals surface area contributed by atoms with Crippen LogP contribution in [0.25, 0.3) is 47.7 Å². The Balaban J connectivity index is 1.88. The van der Waals surface area contributed by atoms with E-state index in [4.69, 9.17) is 23.2 Å². The van der Waals surface area contributed by atoms with Gasteiger partial charge in [0.1, 0.15) is 0 Å². The summed E-state index contributed by atoms with van der Waals surface area (Å²) >= 11 is 14.8. The van der Waals surface area contributed by atoms with Gasteiger partial charge in [0.05, 0.1) is 16.7 Å². The molecule has 0 aliphatic heterocycles. The van der Waals surface area contributed by atoms with Crippen LogP contribution in [-0.4, -0.2) is 4.57 Å². The van der Waals surface area contributed by atoms with Crippen molar-refractivity contribution in [1.82, 2.24) is 4.57 Å². The third-order valence-electron chi connectivity index (χ3n) is 5.33. The van der Waals surface area contributed by atoms with Crippen molar-refractivity contribution in [2.24, 2.45) is 0 Å². The second-order valence-electron chi connectivity index (χ2n) is 6.88. The summed E-state index contributed by atoms with van der Waals surface area (Å²) in [4.78, 5) is 0. The minimum atomic E-state index is 0.733. The van der Waals surface area contributed by atoms with E-state index in [0.29, 0.717) is 0 Å². The molecule has 4 heteroatoms. The van der Waals surface area contributed by atoms with Gasteiger partial charge in [-0.25, -0.2) is 0 Å². The van der Waals surface area contributed by atoms with Crippen LogP contribution in [-0.2, 0) is 0 Å². The lowest BCUT2D eigenvalue weighted by Crippen LogP contribution is -1.94. The van der Waals surface area contributed by atoms with Crippen LogP contribution in [0.5, 0.6) is 0 Å². The van der Waals surface area contributed by atoms with Crippen molar-refractivity contribution in [3.8, 4) is 5.69 Å². The SMILES string of the molecule is Clc1ccc2c3ccccc3n(-c3cccc4sc5cccc(Cl)c5c34)c2c1. The van der Waals surface area contributed by atoms with Gasteiger partial charge in [-0.1, -0.05) is 59.6 Å². The molecule has 0 amide bonds. The fraction of sp³-hybridized carbons (Fsp3) is 0. The Morgan fingerprint density at radius 3 is 2.29 bits per heavy atom. The van der Waals surface area contributed by atoms with Crippen molar-refractivity contribution in [3.05, 3.63) is 88.9 Å². The summed E-state index contributed by atoms with van der Waals surface area (Å²) in [5.41, 5.74) is 3.40. The van der Waals surface area contributed by atoms with Crippen molar-refractivity contribution < 1.29 is 0 Å². The zero-order valence-electron chi connectivity index (χ0n) is 14.6. The number of halogens is 2. The Labute approximate surface area is 175 Å². The molecule has 6 rings (SSSR count). The maximum atomic E-state index is 6.65. The van der Waals surface area contributed by atoms with Gasteiger partial charge in [0, 0.05) is 41.0 Å². The largest absolute Gasteiger partial charge is 0.309 e. The van der Waals surface area contributed by atoms with Crippen LogP contribution < -0.4 is 0 Å². The molecule has 2 heterocycles. The number of aromatic nitrogens is 1. The fourth-order valence-electron chi connectivity index (χ4n) is 4.20. The molecule has 1 nitrogen and oxygen atoms in total. The molecule has 0 bridgehead atoms. The molecule has 0 aliphatic rings. The molecule has 134 valence electrons. The van der Waals surface area contributed by atoms with E-state index in [1.807, 2.05) is 24.3 Å². The maximum absolute atomic E-state index is 6.65. The lowest BCUT2D eigenvalue weighted by Gasteiger charge is -2.10. The van der Waals surface area contributed by atoms with Gasteiger partial charge in [0.15, 0.2) is 0 Å². The summed E-state index contributed by atoms with van der Waals surface area (Å²) in [6, 6.07) is 27.2. The third-order valence-corrected chi connectivity index (χ3v) is 7.00. The highest BCUT2D eigenvalue weighted by Gasteiger charge is 2.17. The van der Waals surface area contributed by atoms with Gasteiger partial charge in [0.2, 0.25) is 0 Å². The molecule has 28 heavy (non-hydrogen) atoms. The number of nitrogens with zero attached hydrogens (tertiary/aromatic N) is 1. The van der Waals surface area contributed by atoms with Gasteiger partial charge in [-0.2, -0.15) is 0 Å². The summed E-state index contributed by atoms with van der Waals surface area (Å²) < 4.78 is 4.75. The molecule has 0 radical (unpaired) electrons. The number of hydrogen-bond acceptors (Lipinski definition) is 1. The molecular weight excluding hydrogens is 405 g/mol. The van der Waals surface area contributed by atoms with E-state index in [2.05, 4.69) is 59.2 Å². The van der Waals surface area contributed by atoms with Gasteiger partial charge < -0.3 is 4.57 Å². The zero-order chi connectivity index (χ0) is 18.8. The molecule has 0 N–H and O–H groups in total. The molecule has 2 aromatic heterocycles. The molecule has 6 aromatic rings. The lowest BCUT2D eigenvalue weighted by molar-refractivity contribution is 1.20. The Hall–Kier alpha value is -2.52. The number of thiophene rings is 1. The van der Waals surface area contributed by atoms with Crippen LogP contribution in [0.2, 0.25) is 10.0 Å². The predicted molar refractivity (Wildman–Crippen MR) is 124 cm³/mol. The Morgan fingerprint density at radius 1 is 0.643 bits per heavy atom. The first kappa shape index (κ1) is 16.4. The molecule has 0 saturated heterocycles. The maximum Gasteiger partial charge on any atom is 0.0556 e. The fourth-order valence-corrected chi connectivity index (χ4v) is 5.84. The van der Waals surface area contributed by atoms with E-state index >= 15 is 0 Å². The summed E-state index contributed by atoms with van der Waals surface area (Å²) in [7, 11) is 0. The van der Waals surface area contributed by atoms with Crippen LogP contribution in [0.15, 0.2) is 78.9 Å². The molecule has 0 atom stereocenters. The first-order valence-electron chi connectivity index (χ1n) is 9.01. The second kappa shape index (κ2) is 5.99. The van der Waals surface area contributed by atoms with E-state index in [-0.39, 0.29) is 0 Å². The second-order valence-corrected chi connectivity index (χ2v) is 8.81. The smallest absolute Gasteiger partial charge is 0.0556 e. The average Bonchev–Trinajstić information content (AvgIpc) is 3.24. The first-order chi connectivity index (χ1) is 13.7. The van der Waals surface area contributed by atoms with Crippen LogP contribution in [0, 0.1) is 0 Å². The summed E-state index contributed by atoms with van der Waals surface area (Å²) in [5.74, 6) is 0. The van der Waals surface area contributed by atoms with Crippen LogP contribution in [0.1, 0.15) is 0 Å². The molecular formula is C24H13Cl2NS. The number of benzene rings is 4. The highest BCUT2D eigenvalue weighted by Crippen LogP contribution is 2.43. The molecule has 0 fully saturated rings. The van der Waals surface area contributed by atoms with Crippen LogP contribution in [0.4, 0.5) is 0 Å². The normalized spacial score (nSPS) is 11.9. The van der Waals surface area contributed by atoms with Crippen molar-refractivity contribution in [2.45, 2.75) is 0 Å². The summed E-state index contributed by atoms with van der Waals surface area (Å²) in [5, 5.41) is 6.25. The minimum Gasteiger partial charge on any atom is -0.309 e. The topological polar surface area (TPSA) is 4.93 Å². The highest BCUT2D eigenvalue weighted by atomic mass is 35.5. The van der Waals surface area contributed by atoms with Crippen molar-refractivity contribution >= 4 is 76.5 Å². The van der Waals surface area contributed by atoms with Gasteiger partial charge in [-0.05, 0) is 42.5 Å². The molecule has 0 spiro atoms. The van der Waals surface area contributed by atoms with E-state index in [0.717, 1.165) is 26.6 Å². The summed E-state index contributed by atoms with van der Waals surface area (Å²) in [6.45, 7) is 0. The quantitative estimate of drug-likeness (QED) is 0.252. The molecule has 0 saturated carbocycles. The van der Waals surface area contributed by atoms with Gasteiger partial charge in [-0.15, -0.1) is 11.3 Å². The standard InChI is InChI=1S/C24H13Cl2NS/c25-14-11-12-16-15-5-1-2-7-18(15)27(20(16)13-14)19-8-4-10-22-24(19)23-17(26)6-3-9-21(23)28-22/h1-13H. The number of hydrogen-bond donors (Lipinski definition) is 0. The van der Waals surface area contributed by atoms with E-state index in [1.165, 1.54) is 31.1 Å². The number of fused-ring (bicyclic) bond motifs is 6. The number of para-hydroxylation sites is 1. The van der Waals surface area contributed by atoms with Crippen molar-refractivity contribution in [3.63, 3.8) is 0 Å². The predicted octanol–water partition coefficient (Wildman–Crippen LogP) is 8.46.